The molecule has 1 fully saturated rings. The minimum Gasteiger partial charge on any atom is -0.494 e. The highest BCUT2D eigenvalue weighted by atomic mass is 32.1. The summed E-state index contributed by atoms with van der Waals surface area (Å²) in [5, 5.41) is 4.87. The summed E-state index contributed by atoms with van der Waals surface area (Å²) in [7, 11) is 3.18. The zero-order valence-corrected chi connectivity index (χ0v) is 21.4. The van der Waals surface area contributed by atoms with E-state index in [1.165, 1.54) is 6.42 Å². The lowest BCUT2D eigenvalue weighted by Crippen LogP contribution is -2.44. The lowest BCUT2D eigenvalue weighted by molar-refractivity contribution is 0.240. The monoisotopic (exact) mass is 495 g/mol. The van der Waals surface area contributed by atoms with Crippen LogP contribution in [0.4, 0.5) is 5.69 Å². The van der Waals surface area contributed by atoms with Crippen molar-refractivity contribution in [2.24, 2.45) is 0 Å². The summed E-state index contributed by atoms with van der Waals surface area (Å²) in [5.74, 6) is 2.02. The molecule has 1 aliphatic carbocycles. The van der Waals surface area contributed by atoms with Crippen molar-refractivity contribution >= 4 is 33.9 Å². The molecule has 1 heterocycles. The SMILES string of the molecule is CCOc1ccc(NC(=S)N(Cc2cc3cc(OC)c(OC)cc3[nH]c2=O)C2CCCCC2)cc1. The van der Waals surface area contributed by atoms with E-state index >= 15 is 0 Å². The number of ether oxygens (including phenoxy) is 3. The number of aromatic amines is 1. The van der Waals surface area contributed by atoms with Crippen LogP contribution in [-0.2, 0) is 6.54 Å². The number of methoxy groups -OCH3 is 2. The van der Waals surface area contributed by atoms with E-state index in [0.717, 1.165) is 42.5 Å². The fourth-order valence-electron chi connectivity index (χ4n) is 4.64. The molecule has 8 heteroatoms. The number of aromatic nitrogens is 1. The quantitative estimate of drug-likeness (QED) is 0.401. The number of thiocarbonyl (C=S) groups is 1. The van der Waals surface area contributed by atoms with Crippen LogP contribution < -0.4 is 25.1 Å². The van der Waals surface area contributed by atoms with E-state index in [0.29, 0.717) is 40.8 Å². The van der Waals surface area contributed by atoms with Gasteiger partial charge < -0.3 is 29.4 Å². The van der Waals surface area contributed by atoms with Gasteiger partial charge in [0, 0.05) is 28.7 Å². The third-order valence-electron chi connectivity index (χ3n) is 6.46. The van der Waals surface area contributed by atoms with Gasteiger partial charge in [-0.3, -0.25) is 4.79 Å². The van der Waals surface area contributed by atoms with E-state index in [1.807, 2.05) is 43.3 Å². The summed E-state index contributed by atoms with van der Waals surface area (Å²) in [6.07, 6.45) is 5.68. The molecule has 2 aromatic carbocycles. The Morgan fingerprint density at radius 2 is 1.74 bits per heavy atom. The first kappa shape index (κ1) is 24.9. The summed E-state index contributed by atoms with van der Waals surface area (Å²) >= 11 is 5.87. The number of rotatable bonds is 8. The molecule has 0 amide bonds. The van der Waals surface area contributed by atoms with E-state index in [-0.39, 0.29) is 11.6 Å². The van der Waals surface area contributed by atoms with Crippen molar-refractivity contribution in [3.63, 3.8) is 0 Å². The van der Waals surface area contributed by atoms with Gasteiger partial charge in [0.25, 0.3) is 5.56 Å². The fourth-order valence-corrected chi connectivity index (χ4v) is 4.97. The molecule has 0 aliphatic heterocycles. The lowest BCUT2D eigenvalue weighted by atomic mass is 9.94. The van der Waals surface area contributed by atoms with Gasteiger partial charge in [-0.1, -0.05) is 19.3 Å². The Hall–Kier alpha value is -3.26. The molecule has 1 aliphatic rings. The van der Waals surface area contributed by atoms with Gasteiger partial charge in [0.2, 0.25) is 0 Å². The Kier molecular flexibility index (Phi) is 8.13. The standard InChI is InChI=1S/C27H33N3O4S/c1-4-34-22-12-10-20(11-13-22)28-27(35)30(21-8-6-5-7-9-21)17-19-14-18-15-24(32-2)25(33-3)16-23(18)29-26(19)31/h10-16,21H,4-9,17H2,1-3H3,(H,28,35)(H,29,31). The van der Waals surface area contributed by atoms with Crippen LogP contribution in [0.2, 0.25) is 0 Å². The van der Waals surface area contributed by atoms with Crippen molar-refractivity contribution in [2.75, 3.05) is 26.1 Å². The van der Waals surface area contributed by atoms with Gasteiger partial charge in [-0.15, -0.1) is 0 Å². The Morgan fingerprint density at radius 1 is 1.06 bits per heavy atom. The molecule has 0 bridgehead atoms. The van der Waals surface area contributed by atoms with Crippen LogP contribution in [0.3, 0.4) is 0 Å². The van der Waals surface area contributed by atoms with Crippen LogP contribution in [0.5, 0.6) is 17.2 Å². The van der Waals surface area contributed by atoms with Crippen LogP contribution in [-0.4, -0.2) is 41.9 Å². The van der Waals surface area contributed by atoms with Gasteiger partial charge >= 0.3 is 0 Å². The number of H-pyrrole nitrogens is 1. The maximum Gasteiger partial charge on any atom is 0.253 e. The first-order valence-electron chi connectivity index (χ1n) is 12.1. The van der Waals surface area contributed by atoms with Crippen LogP contribution in [0.1, 0.15) is 44.6 Å². The van der Waals surface area contributed by atoms with Crippen molar-refractivity contribution in [1.82, 2.24) is 9.88 Å². The highest BCUT2D eigenvalue weighted by Crippen LogP contribution is 2.31. The van der Waals surface area contributed by atoms with Crippen molar-refractivity contribution in [1.29, 1.82) is 0 Å². The third kappa shape index (κ3) is 5.88. The second-order valence-electron chi connectivity index (χ2n) is 8.73. The minimum absolute atomic E-state index is 0.130. The van der Waals surface area contributed by atoms with Gasteiger partial charge in [-0.2, -0.15) is 0 Å². The molecule has 2 N–H and O–H groups in total. The third-order valence-corrected chi connectivity index (χ3v) is 6.80. The fraction of sp³-hybridized carbons (Fsp3) is 0.407. The maximum absolute atomic E-state index is 13.1. The van der Waals surface area contributed by atoms with Crippen molar-refractivity contribution in [3.8, 4) is 17.2 Å². The molecule has 7 nitrogen and oxygen atoms in total. The highest BCUT2D eigenvalue weighted by Gasteiger charge is 2.25. The van der Waals surface area contributed by atoms with E-state index in [2.05, 4.69) is 15.2 Å². The Bertz CT molecular complexity index is 1220. The van der Waals surface area contributed by atoms with Crippen molar-refractivity contribution in [3.05, 3.63) is 58.4 Å². The largest absolute Gasteiger partial charge is 0.494 e. The van der Waals surface area contributed by atoms with E-state index < -0.39 is 0 Å². The number of nitrogens with zero attached hydrogens (tertiary/aromatic N) is 1. The molecule has 35 heavy (non-hydrogen) atoms. The van der Waals surface area contributed by atoms with Gasteiger partial charge in [-0.25, -0.2) is 0 Å². The van der Waals surface area contributed by atoms with Crippen LogP contribution in [0.25, 0.3) is 10.9 Å². The first-order chi connectivity index (χ1) is 17.0. The van der Waals surface area contributed by atoms with Gasteiger partial charge in [0.15, 0.2) is 16.6 Å². The molecule has 0 unspecified atom stereocenters. The first-order valence-corrected chi connectivity index (χ1v) is 12.5. The molecule has 1 saturated carbocycles. The predicted molar refractivity (Wildman–Crippen MR) is 144 cm³/mol. The summed E-state index contributed by atoms with van der Waals surface area (Å²) in [4.78, 5) is 18.2. The highest BCUT2D eigenvalue weighted by molar-refractivity contribution is 7.80. The number of pyridine rings is 1. The number of nitrogens with one attached hydrogen (secondary N) is 2. The molecule has 0 saturated heterocycles. The molecule has 1 aromatic heterocycles. The molecule has 0 spiro atoms. The van der Waals surface area contributed by atoms with E-state index in [9.17, 15) is 4.79 Å². The van der Waals surface area contributed by atoms with Crippen molar-refractivity contribution in [2.45, 2.75) is 51.6 Å². The normalized spacial score (nSPS) is 13.9. The molecule has 186 valence electrons. The molecular weight excluding hydrogens is 462 g/mol. The zero-order chi connectivity index (χ0) is 24.8. The van der Waals surface area contributed by atoms with Crippen LogP contribution in [0.15, 0.2) is 47.3 Å². The number of hydrogen-bond acceptors (Lipinski definition) is 5. The molecular formula is C27H33N3O4S. The summed E-state index contributed by atoms with van der Waals surface area (Å²) in [5.41, 5.74) is 2.12. The Labute approximate surface area is 211 Å². The second kappa shape index (κ2) is 11.4. The number of benzene rings is 2. The summed E-state index contributed by atoms with van der Waals surface area (Å²) < 4.78 is 16.4. The predicted octanol–water partition coefficient (Wildman–Crippen LogP) is 5.48. The molecule has 4 rings (SSSR count). The van der Waals surface area contributed by atoms with Gasteiger partial charge in [0.05, 0.1) is 32.9 Å². The van der Waals surface area contributed by atoms with Crippen LogP contribution >= 0.6 is 12.2 Å². The average molecular weight is 496 g/mol. The Morgan fingerprint density at radius 3 is 2.40 bits per heavy atom. The molecule has 0 radical (unpaired) electrons. The molecule has 3 aromatic rings. The summed E-state index contributed by atoms with van der Waals surface area (Å²) in [6, 6.07) is 13.6. The minimum atomic E-state index is -0.130. The maximum atomic E-state index is 13.1. The zero-order valence-electron chi connectivity index (χ0n) is 20.6. The second-order valence-corrected chi connectivity index (χ2v) is 9.11. The number of fused-ring (bicyclic) bond motifs is 1. The lowest BCUT2D eigenvalue weighted by Gasteiger charge is -2.36. The van der Waals surface area contributed by atoms with Gasteiger partial charge in [-0.05, 0) is 68.4 Å². The average Bonchev–Trinajstić information content (AvgIpc) is 2.88. The molecule has 0 atom stereocenters. The Balaban J connectivity index is 1.62. The van der Waals surface area contributed by atoms with Crippen LogP contribution in [0, 0.1) is 0 Å². The topological polar surface area (TPSA) is 75.8 Å². The van der Waals surface area contributed by atoms with Gasteiger partial charge in [0.1, 0.15) is 5.75 Å². The summed E-state index contributed by atoms with van der Waals surface area (Å²) in [6.45, 7) is 3.01. The smallest absolute Gasteiger partial charge is 0.253 e. The number of hydrogen-bond donors (Lipinski definition) is 2. The van der Waals surface area contributed by atoms with E-state index in [1.54, 1.807) is 20.3 Å². The number of anilines is 1. The van der Waals surface area contributed by atoms with Crippen molar-refractivity contribution < 1.29 is 14.2 Å². The van der Waals surface area contributed by atoms with E-state index in [4.69, 9.17) is 26.4 Å².